The maximum atomic E-state index is 13.5. The van der Waals surface area contributed by atoms with Gasteiger partial charge in [-0.15, -0.1) is 12.4 Å². The summed E-state index contributed by atoms with van der Waals surface area (Å²) < 4.78 is 46.4. The second-order valence-corrected chi connectivity index (χ2v) is 8.44. The Morgan fingerprint density at radius 1 is 1.10 bits per heavy atom. The summed E-state index contributed by atoms with van der Waals surface area (Å²) in [5.41, 5.74) is 1.51. The van der Waals surface area contributed by atoms with E-state index in [2.05, 4.69) is 31.1 Å². The van der Waals surface area contributed by atoms with E-state index in [4.69, 9.17) is 9.57 Å². The first kappa shape index (κ1) is 22.1. The molecule has 5 nitrogen and oxygen atoms in total. The quantitative estimate of drug-likeness (QED) is 0.447. The van der Waals surface area contributed by atoms with Crippen molar-refractivity contribution in [3.05, 3.63) is 52.3 Å². The molecule has 0 bridgehead atoms. The lowest BCUT2D eigenvalue weighted by atomic mass is 9.89. The average molecular weight is 517 g/mol. The van der Waals surface area contributed by atoms with Gasteiger partial charge in [0.2, 0.25) is 0 Å². The molecule has 10 heteroatoms. The first-order valence-electron chi connectivity index (χ1n) is 9.54. The van der Waals surface area contributed by atoms with Gasteiger partial charge in [-0.25, -0.2) is 4.98 Å². The fourth-order valence-corrected chi connectivity index (χ4v) is 4.56. The Kier molecular flexibility index (Phi) is 5.78. The molecule has 5 rings (SSSR count). The topological polar surface area (TPSA) is 59.5 Å². The summed E-state index contributed by atoms with van der Waals surface area (Å²) >= 11 is 3.46. The van der Waals surface area contributed by atoms with Crippen LogP contribution in [0, 0.1) is 0 Å². The molecular weight excluding hydrogens is 499 g/mol. The zero-order chi connectivity index (χ0) is 20.9. The van der Waals surface area contributed by atoms with Gasteiger partial charge >= 0.3 is 6.18 Å². The fourth-order valence-electron chi connectivity index (χ4n) is 4.01. The molecule has 0 unspecified atom stereocenters. The summed E-state index contributed by atoms with van der Waals surface area (Å²) in [4.78, 5) is 13.5. The Morgan fingerprint density at radius 3 is 2.58 bits per heavy atom. The van der Waals surface area contributed by atoms with Gasteiger partial charge in [0.05, 0.1) is 24.3 Å². The monoisotopic (exact) mass is 515 g/mol. The molecule has 2 aromatic carbocycles. The molecule has 1 saturated heterocycles. The first-order valence-corrected chi connectivity index (χ1v) is 10.3. The second kappa shape index (κ2) is 8.11. The molecule has 0 amide bonds. The van der Waals surface area contributed by atoms with Crippen molar-refractivity contribution >= 4 is 45.1 Å². The molecule has 0 radical (unpaired) electrons. The number of alkyl halides is 3. The maximum Gasteiger partial charge on any atom is 0.417 e. The summed E-state index contributed by atoms with van der Waals surface area (Å²) in [6.45, 7) is 1.27. The smallest absolute Gasteiger partial charge is 0.388 e. The maximum absolute atomic E-state index is 13.5. The van der Waals surface area contributed by atoms with E-state index in [9.17, 15) is 13.2 Å². The Morgan fingerprint density at radius 2 is 1.84 bits per heavy atom. The average Bonchev–Trinajstić information content (AvgIpc) is 3.33. The minimum absolute atomic E-state index is 0. The number of ether oxygens (including phenoxy) is 1. The number of hydrogen-bond acceptors (Lipinski definition) is 4. The van der Waals surface area contributed by atoms with E-state index in [1.54, 1.807) is 18.2 Å². The highest BCUT2D eigenvalue weighted by molar-refractivity contribution is 9.10. The van der Waals surface area contributed by atoms with Crippen LogP contribution in [0.2, 0.25) is 0 Å². The minimum atomic E-state index is -4.44. The van der Waals surface area contributed by atoms with Gasteiger partial charge in [-0.3, -0.25) is 0 Å². The number of benzene rings is 2. The number of aromatic amines is 1. The summed E-state index contributed by atoms with van der Waals surface area (Å²) in [6.07, 6.45) is -2.28. The van der Waals surface area contributed by atoms with Crippen molar-refractivity contribution in [3.63, 3.8) is 0 Å². The van der Waals surface area contributed by atoms with Gasteiger partial charge in [0.1, 0.15) is 16.8 Å². The molecule has 0 saturated carbocycles. The van der Waals surface area contributed by atoms with Crippen LogP contribution in [-0.4, -0.2) is 34.5 Å². The van der Waals surface area contributed by atoms with E-state index in [-0.39, 0.29) is 23.6 Å². The zero-order valence-corrected chi connectivity index (χ0v) is 18.5. The van der Waals surface area contributed by atoms with Gasteiger partial charge in [-0.1, -0.05) is 23.4 Å². The Hall–Kier alpha value is -2.10. The van der Waals surface area contributed by atoms with Crippen LogP contribution in [-0.2, 0) is 15.8 Å². The minimum Gasteiger partial charge on any atom is -0.388 e. The van der Waals surface area contributed by atoms with E-state index in [0.29, 0.717) is 52.2 Å². The molecule has 3 aromatic rings. The molecule has 31 heavy (non-hydrogen) atoms. The highest BCUT2D eigenvalue weighted by Gasteiger charge is 2.42. The van der Waals surface area contributed by atoms with Gasteiger partial charge in [-0.05, 0) is 45.3 Å². The lowest BCUT2D eigenvalue weighted by Gasteiger charge is -2.30. The van der Waals surface area contributed by atoms with Crippen molar-refractivity contribution in [2.24, 2.45) is 5.16 Å². The normalized spacial score (nSPS) is 18.0. The third kappa shape index (κ3) is 4.06. The number of hydrogen-bond donors (Lipinski definition) is 1. The molecule has 164 valence electrons. The highest BCUT2D eigenvalue weighted by Crippen LogP contribution is 2.40. The number of H-pyrrole nitrogens is 1. The third-order valence-corrected chi connectivity index (χ3v) is 6.20. The number of rotatable bonds is 2. The van der Waals surface area contributed by atoms with Gasteiger partial charge in [0.25, 0.3) is 0 Å². The lowest BCUT2D eigenvalue weighted by molar-refractivity contribution is -0.137. The van der Waals surface area contributed by atoms with Crippen LogP contribution >= 0.6 is 28.3 Å². The predicted molar refractivity (Wildman–Crippen MR) is 117 cm³/mol. The molecule has 2 aliphatic heterocycles. The molecule has 0 aliphatic carbocycles. The molecule has 2 aliphatic rings. The van der Waals surface area contributed by atoms with Crippen LogP contribution in [0.4, 0.5) is 13.2 Å². The summed E-state index contributed by atoms with van der Waals surface area (Å²) in [6, 6.07) is 8.88. The standard InChI is InChI=1S/C21H17BrF3N3O2.ClH/c22-15-9-12(13-3-1-2-4-14(13)21(23,24)25)10-16-18(15)27-19(26-16)17-11-20(30-28-17)5-7-29-8-6-20;/h1-4,9-10H,5-8,11H2,(H,26,27);1H. The van der Waals surface area contributed by atoms with E-state index in [0.717, 1.165) is 18.9 Å². The van der Waals surface area contributed by atoms with Crippen molar-refractivity contribution in [1.29, 1.82) is 0 Å². The summed E-state index contributed by atoms with van der Waals surface area (Å²) in [7, 11) is 0. The molecule has 1 N–H and O–H groups in total. The second-order valence-electron chi connectivity index (χ2n) is 7.58. The van der Waals surface area contributed by atoms with Crippen LogP contribution < -0.4 is 0 Å². The van der Waals surface area contributed by atoms with Crippen LogP contribution in [0.15, 0.2) is 46.0 Å². The van der Waals surface area contributed by atoms with E-state index in [1.807, 2.05) is 0 Å². The van der Waals surface area contributed by atoms with Gasteiger partial charge in [-0.2, -0.15) is 13.2 Å². The van der Waals surface area contributed by atoms with Crippen LogP contribution in [0.1, 0.15) is 30.7 Å². The number of halogens is 5. The predicted octanol–water partition coefficient (Wildman–Crippen LogP) is 6.11. The number of imidazole rings is 1. The zero-order valence-electron chi connectivity index (χ0n) is 16.1. The first-order chi connectivity index (χ1) is 14.3. The van der Waals surface area contributed by atoms with Crippen LogP contribution in [0.3, 0.4) is 0 Å². The molecule has 1 aromatic heterocycles. The van der Waals surface area contributed by atoms with Crippen molar-refractivity contribution in [2.75, 3.05) is 13.2 Å². The van der Waals surface area contributed by atoms with Crippen molar-refractivity contribution in [1.82, 2.24) is 9.97 Å². The SMILES string of the molecule is Cl.FC(F)(F)c1ccccc1-c1cc(Br)c2nc(C3=NOC4(CCOCC4)C3)[nH]c2c1. The molecular formula is C21H18BrClF3N3O2. The van der Waals surface area contributed by atoms with Gasteiger partial charge in [0.15, 0.2) is 5.82 Å². The van der Waals surface area contributed by atoms with E-state index in [1.165, 1.54) is 12.1 Å². The number of fused-ring (bicyclic) bond motifs is 1. The number of oxime groups is 1. The number of aromatic nitrogens is 2. The Labute approximate surface area is 190 Å². The van der Waals surface area contributed by atoms with Crippen LogP contribution in [0.25, 0.3) is 22.2 Å². The summed E-state index contributed by atoms with van der Waals surface area (Å²) in [5, 5.41) is 4.24. The number of nitrogens with one attached hydrogen (secondary N) is 1. The molecule has 0 atom stereocenters. The molecule has 1 spiro atoms. The lowest BCUT2D eigenvalue weighted by Crippen LogP contribution is -2.36. The third-order valence-electron chi connectivity index (χ3n) is 5.60. The largest absolute Gasteiger partial charge is 0.417 e. The Balaban J connectivity index is 0.00000231. The van der Waals surface area contributed by atoms with Crippen LogP contribution in [0.5, 0.6) is 0 Å². The Bertz CT molecular complexity index is 1160. The van der Waals surface area contributed by atoms with Gasteiger partial charge < -0.3 is 14.6 Å². The highest BCUT2D eigenvalue weighted by atomic mass is 79.9. The van der Waals surface area contributed by atoms with Gasteiger partial charge in [0, 0.05) is 23.7 Å². The van der Waals surface area contributed by atoms with E-state index < -0.39 is 11.7 Å². The van der Waals surface area contributed by atoms with E-state index >= 15 is 0 Å². The molecule has 3 heterocycles. The van der Waals surface area contributed by atoms with Crippen molar-refractivity contribution in [2.45, 2.75) is 31.0 Å². The number of nitrogens with zero attached hydrogens (tertiary/aromatic N) is 2. The molecule has 1 fully saturated rings. The fraction of sp³-hybridized carbons (Fsp3) is 0.333. The van der Waals surface area contributed by atoms with Crippen molar-refractivity contribution in [3.8, 4) is 11.1 Å². The van der Waals surface area contributed by atoms with Crippen molar-refractivity contribution < 1.29 is 22.7 Å². The summed E-state index contributed by atoms with van der Waals surface area (Å²) in [5.74, 6) is 0.565.